The first-order valence-electron chi connectivity index (χ1n) is 2.75. The molecule has 0 saturated carbocycles. The van der Waals surface area contributed by atoms with Crippen molar-refractivity contribution >= 4 is 17.4 Å². The fraction of sp³-hybridized carbons (Fsp3) is 0.143. The molecule has 52 valence electrons. The molecule has 0 aliphatic carbocycles. The Morgan fingerprint density at radius 2 is 2.70 bits per heavy atom. The lowest BCUT2D eigenvalue weighted by Gasteiger charge is -1.77. The van der Waals surface area contributed by atoms with E-state index < -0.39 is 0 Å². The predicted octanol–water partition coefficient (Wildman–Crippen LogP) is 1.92. The van der Waals surface area contributed by atoms with E-state index in [4.69, 9.17) is 0 Å². The van der Waals surface area contributed by atoms with E-state index in [1.807, 2.05) is 5.38 Å². The second kappa shape index (κ2) is 3.88. The summed E-state index contributed by atoms with van der Waals surface area (Å²) in [6.45, 7) is 0. The van der Waals surface area contributed by atoms with E-state index in [1.54, 1.807) is 30.0 Å². The topological polar surface area (TPSA) is 22.1 Å². The van der Waals surface area contributed by atoms with Crippen LogP contribution in [0.2, 0.25) is 0 Å². The maximum atomic E-state index is 4.65. The quantitative estimate of drug-likeness (QED) is 0.478. The number of hydrogen-bond acceptors (Lipinski definition) is 3. The molecule has 1 aromatic heterocycles. The molecule has 3 heteroatoms. The van der Waals surface area contributed by atoms with Crippen molar-refractivity contribution in [3.8, 4) is 0 Å². The van der Waals surface area contributed by atoms with E-state index in [9.17, 15) is 0 Å². The van der Waals surface area contributed by atoms with Crippen LogP contribution in [0, 0.1) is 0 Å². The minimum Gasteiger partial charge on any atom is -0.496 e. The van der Waals surface area contributed by atoms with Gasteiger partial charge in [0, 0.05) is 11.5 Å². The average molecular weight is 153 g/mol. The lowest BCUT2D eigenvalue weighted by Crippen LogP contribution is -1.64. The van der Waals surface area contributed by atoms with Crippen molar-refractivity contribution in [2.75, 3.05) is 7.11 Å². The first kappa shape index (κ1) is 7.06. The van der Waals surface area contributed by atoms with Crippen LogP contribution in [0.25, 0.3) is 6.08 Å². The SMILES string of the molecule is COC=C=Cc1cscn1. The Hall–Kier alpha value is -1.05. The van der Waals surface area contributed by atoms with E-state index in [0.717, 1.165) is 5.69 Å². The van der Waals surface area contributed by atoms with Gasteiger partial charge < -0.3 is 4.74 Å². The maximum Gasteiger partial charge on any atom is 0.125 e. The van der Waals surface area contributed by atoms with E-state index >= 15 is 0 Å². The van der Waals surface area contributed by atoms with Crippen molar-refractivity contribution in [2.24, 2.45) is 0 Å². The van der Waals surface area contributed by atoms with Crippen LogP contribution < -0.4 is 0 Å². The van der Waals surface area contributed by atoms with Gasteiger partial charge in [0.25, 0.3) is 0 Å². The molecular formula is C7H7NOS. The maximum absolute atomic E-state index is 4.65. The number of ether oxygens (including phenoxy) is 1. The van der Waals surface area contributed by atoms with E-state index in [0.29, 0.717) is 0 Å². The Labute approximate surface area is 63.5 Å². The van der Waals surface area contributed by atoms with Gasteiger partial charge in [0.1, 0.15) is 6.26 Å². The zero-order chi connectivity index (χ0) is 7.23. The fourth-order valence-corrected chi connectivity index (χ4v) is 0.992. The van der Waals surface area contributed by atoms with Gasteiger partial charge in [-0.15, -0.1) is 11.3 Å². The molecule has 0 aromatic carbocycles. The first-order chi connectivity index (χ1) is 4.93. The predicted molar refractivity (Wildman–Crippen MR) is 41.7 cm³/mol. The van der Waals surface area contributed by atoms with Crippen molar-refractivity contribution in [2.45, 2.75) is 0 Å². The van der Waals surface area contributed by atoms with Crippen LogP contribution in [0.15, 0.2) is 22.9 Å². The highest BCUT2D eigenvalue weighted by Gasteiger charge is 1.82. The summed E-state index contributed by atoms with van der Waals surface area (Å²) in [4.78, 5) is 4.01. The molecule has 0 spiro atoms. The van der Waals surface area contributed by atoms with Crippen molar-refractivity contribution in [3.63, 3.8) is 0 Å². The highest BCUT2D eigenvalue weighted by molar-refractivity contribution is 7.07. The number of nitrogens with zero attached hydrogens (tertiary/aromatic N) is 1. The Morgan fingerprint density at radius 3 is 3.30 bits per heavy atom. The highest BCUT2D eigenvalue weighted by atomic mass is 32.1. The molecule has 0 aliphatic rings. The van der Waals surface area contributed by atoms with Crippen molar-refractivity contribution in [1.29, 1.82) is 0 Å². The zero-order valence-corrected chi connectivity index (χ0v) is 6.39. The standard InChI is InChI=1S/C7H7NOS/c1-9-4-2-3-7-5-10-6-8-7/h3-6H,1H3. The molecule has 0 radical (unpaired) electrons. The number of aromatic nitrogens is 1. The summed E-state index contributed by atoms with van der Waals surface area (Å²) in [7, 11) is 1.59. The fourth-order valence-electron chi connectivity index (χ4n) is 0.481. The third-order valence-corrected chi connectivity index (χ3v) is 1.47. The number of thiazole rings is 1. The zero-order valence-electron chi connectivity index (χ0n) is 5.57. The molecule has 0 fully saturated rings. The van der Waals surface area contributed by atoms with Gasteiger partial charge in [-0.1, -0.05) is 5.73 Å². The van der Waals surface area contributed by atoms with Crippen LogP contribution in [-0.2, 0) is 4.74 Å². The third-order valence-electron chi connectivity index (χ3n) is 0.869. The van der Waals surface area contributed by atoms with E-state index in [1.165, 1.54) is 6.26 Å². The number of hydrogen-bond donors (Lipinski definition) is 0. The Bertz CT molecular complexity index is 234. The highest BCUT2D eigenvalue weighted by Crippen LogP contribution is 2.01. The Balaban J connectivity index is 2.63. The molecule has 2 nitrogen and oxygen atoms in total. The van der Waals surface area contributed by atoms with Crippen LogP contribution in [0.3, 0.4) is 0 Å². The van der Waals surface area contributed by atoms with Gasteiger partial charge >= 0.3 is 0 Å². The number of methoxy groups -OCH3 is 1. The van der Waals surface area contributed by atoms with Crippen molar-refractivity contribution in [3.05, 3.63) is 28.6 Å². The summed E-state index contributed by atoms with van der Waals surface area (Å²) in [5.41, 5.74) is 5.50. The van der Waals surface area contributed by atoms with Crippen molar-refractivity contribution in [1.82, 2.24) is 4.98 Å². The van der Waals surface area contributed by atoms with Gasteiger partial charge in [0.15, 0.2) is 0 Å². The Morgan fingerprint density at radius 1 is 1.80 bits per heavy atom. The van der Waals surface area contributed by atoms with Crippen molar-refractivity contribution < 1.29 is 4.74 Å². The van der Waals surface area contributed by atoms with Crippen LogP contribution in [0.4, 0.5) is 0 Å². The summed E-state index contributed by atoms with van der Waals surface area (Å²) in [5, 5.41) is 1.94. The lowest BCUT2D eigenvalue weighted by molar-refractivity contribution is 0.339. The van der Waals surface area contributed by atoms with Crippen LogP contribution in [0.1, 0.15) is 5.69 Å². The molecule has 1 aromatic rings. The lowest BCUT2D eigenvalue weighted by atomic mass is 10.5. The van der Waals surface area contributed by atoms with E-state index in [-0.39, 0.29) is 0 Å². The Kier molecular flexibility index (Phi) is 2.74. The molecule has 1 rings (SSSR count). The largest absolute Gasteiger partial charge is 0.496 e. The summed E-state index contributed by atoms with van der Waals surface area (Å²) >= 11 is 1.56. The van der Waals surface area contributed by atoms with Gasteiger partial charge in [0.2, 0.25) is 0 Å². The summed E-state index contributed by atoms with van der Waals surface area (Å²) in [5.74, 6) is 0. The summed E-state index contributed by atoms with van der Waals surface area (Å²) in [6, 6.07) is 0. The minimum absolute atomic E-state index is 0.915. The van der Waals surface area contributed by atoms with Gasteiger partial charge in [-0.2, -0.15) is 0 Å². The van der Waals surface area contributed by atoms with Gasteiger partial charge in [-0.25, -0.2) is 4.98 Å². The van der Waals surface area contributed by atoms with Crippen LogP contribution in [0.5, 0.6) is 0 Å². The summed E-state index contributed by atoms with van der Waals surface area (Å²) < 4.78 is 4.65. The molecule has 1 heterocycles. The normalized spacial score (nSPS) is 8.10. The third kappa shape index (κ3) is 2.05. The molecule has 0 atom stereocenters. The first-order valence-corrected chi connectivity index (χ1v) is 3.69. The molecular weight excluding hydrogens is 146 g/mol. The van der Waals surface area contributed by atoms with E-state index in [2.05, 4.69) is 15.5 Å². The van der Waals surface area contributed by atoms with Crippen LogP contribution in [-0.4, -0.2) is 12.1 Å². The van der Waals surface area contributed by atoms with Gasteiger partial charge in [-0.3, -0.25) is 0 Å². The van der Waals surface area contributed by atoms with Gasteiger partial charge in [-0.05, 0) is 0 Å². The molecule has 0 amide bonds. The monoisotopic (exact) mass is 153 g/mol. The molecule has 0 aliphatic heterocycles. The smallest absolute Gasteiger partial charge is 0.125 e. The molecule has 0 bridgehead atoms. The van der Waals surface area contributed by atoms with Crippen LogP contribution >= 0.6 is 11.3 Å². The summed E-state index contributed by atoms with van der Waals surface area (Å²) in [6.07, 6.45) is 3.25. The minimum atomic E-state index is 0.915. The molecule has 0 saturated heterocycles. The van der Waals surface area contributed by atoms with Gasteiger partial charge in [0.05, 0.1) is 18.3 Å². The molecule has 0 unspecified atom stereocenters. The average Bonchev–Trinajstić information content (AvgIpc) is 2.41. The second-order valence-corrected chi connectivity index (χ2v) is 2.30. The number of rotatable bonds is 2. The molecule has 10 heavy (non-hydrogen) atoms. The molecule has 0 N–H and O–H groups in total. The second-order valence-electron chi connectivity index (χ2n) is 1.58.